The number of hydrogen-bond donors (Lipinski definition) is 0. The number of nitrogens with zero attached hydrogens (tertiary/aromatic N) is 1. The molecule has 13 heavy (non-hydrogen) atoms. The van der Waals surface area contributed by atoms with Crippen LogP contribution < -0.4 is 0 Å². The van der Waals surface area contributed by atoms with Gasteiger partial charge in [-0.25, -0.2) is 4.79 Å². The Hall–Kier alpha value is -1.32. The Morgan fingerprint density at radius 2 is 2.46 bits per heavy atom. The molecule has 1 rings (SSSR count). The lowest BCUT2D eigenvalue weighted by Crippen LogP contribution is -2.38. The average Bonchev–Trinajstić information content (AvgIpc) is 2.04. The monoisotopic (exact) mass is 183 g/mol. The van der Waals surface area contributed by atoms with Gasteiger partial charge in [-0.05, 0) is 19.9 Å². The minimum absolute atomic E-state index is 0.0491. The first kappa shape index (κ1) is 9.77. The van der Waals surface area contributed by atoms with Gasteiger partial charge in [0.2, 0.25) is 0 Å². The Bertz CT molecular complexity index is 247. The van der Waals surface area contributed by atoms with Gasteiger partial charge in [0.1, 0.15) is 0 Å². The summed E-state index contributed by atoms with van der Waals surface area (Å²) in [6.07, 6.45) is 2.86. The van der Waals surface area contributed by atoms with Crippen LogP contribution in [0.5, 0.6) is 0 Å². The van der Waals surface area contributed by atoms with Gasteiger partial charge < -0.3 is 4.74 Å². The Morgan fingerprint density at radius 1 is 1.77 bits per heavy atom. The molecule has 1 amide bonds. The van der Waals surface area contributed by atoms with Crippen LogP contribution in [0.15, 0.2) is 12.3 Å². The third-order valence-electron chi connectivity index (χ3n) is 1.87. The summed E-state index contributed by atoms with van der Waals surface area (Å²) < 4.78 is 4.81. The first-order valence-electron chi connectivity index (χ1n) is 4.31. The van der Waals surface area contributed by atoms with E-state index in [1.165, 1.54) is 17.2 Å². The lowest BCUT2D eigenvalue weighted by atomic mass is 10.1. The third kappa shape index (κ3) is 2.31. The van der Waals surface area contributed by atoms with Crippen molar-refractivity contribution in [3.63, 3.8) is 0 Å². The van der Waals surface area contributed by atoms with E-state index in [-0.39, 0.29) is 11.8 Å². The summed E-state index contributed by atoms with van der Waals surface area (Å²) in [4.78, 5) is 23.6. The lowest BCUT2D eigenvalue weighted by Gasteiger charge is -2.26. The number of carbonyl (C=O) groups excluding carboxylic acids is 2. The van der Waals surface area contributed by atoms with Crippen molar-refractivity contribution in [2.24, 2.45) is 0 Å². The van der Waals surface area contributed by atoms with Gasteiger partial charge in [0.05, 0.1) is 6.61 Å². The minimum atomic E-state index is -0.390. The molecule has 0 aromatic rings. The highest BCUT2D eigenvalue weighted by molar-refractivity contribution is 5.92. The van der Waals surface area contributed by atoms with Crippen LogP contribution >= 0.6 is 0 Å². The second-order valence-corrected chi connectivity index (χ2v) is 2.94. The summed E-state index contributed by atoms with van der Waals surface area (Å²) >= 11 is 0. The summed E-state index contributed by atoms with van der Waals surface area (Å²) in [5, 5.41) is 0. The maximum absolute atomic E-state index is 11.3. The van der Waals surface area contributed by atoms with Gasteiger partial charge in [-0.3, -0.25) is 9.69 Å². The van der Waals surface area contributed by atoms with Crippen molar-refractivity contribution >= 4 is 11.9 Å². The summed E-state index contributed by atoms with van der Waals surface area (Å²) in [5.41, 5.74) is 0. The molecule has 0 saturated heterocycles. The molecule has 0 bridgehead atoms. The van der Waals surface area contributed by atoms with E-state index in [1.807, 2.05) is 6.92 Å². The largest absolute Gasteiger partial charge is 0.449 e. The molecule has 4 nitrogen and oxygen atoms in total. The lowest BCUT2D eigenvalue weighted by molar-refractivity contribution is -0.116. The van der Waals surface area contributed by atoms with Gasteiger partial charge in [-0.2, -0.15) is 0 Å². The van der Waals surface area contributed by atoms with Gasteiger partial charge >= 0.3 is 6.09 Å². The first-order chi connectivity index (χ1) is 6.15. The quantitative estimate of drug-likeness (QED) is 0.616. The molecule has 0 radical (unpaired) electrons. The molecule has 0 spiro atoms. The number of ketones is 1. The molecule has 0 unspecified atom stereocenters. The molecule has 1 heterocycles. The summed E-state index contributed by atoms with van der Waals surface area (Å²) in [6, 6.07) is -0.100. The number of hydrogen-bond acceptors (Lipinski definition) is 3. The number of allylic oxidation sites excluding steroid dienone is 1. The number of carbonyl (C=O) groups is 2. The second kappa shape index (κ2) is 4.07. The zero-order valence-electron chi connectivity index (χ0n) is 7.82. The normalized spacial score (nSPS) is 21.8. The topological polar surface area (TPSA) is 46.6 Å². The SMILES string of the molecule is CCOC(=O)N1C=CC(=O)C[C@@H]1C. The second-order valence-electron chi connectivity index (χ2n) is 2.94. The molecule has 72 valence electrons. The Balaban J connectivity index is 2.64. The van der Waals surface area contributed by atoms with Gasteiger partial charge in [0, 0.05) is 18.7 Å². The molecule has 1 aliphatic heterocycles. The van der Waals surface area contributed by atoms with Crippen LogP contribution in [0.2, 0.25) is 0 Å². The minimum Gasteiger partial charge on any atom is -0.449 e. The smallest absolute Gasteiger partial charge is 0.414 e. The zero-order valence-corrected chi connectivity index (χ0v) is 7.82. The first-order valence-corrected chi connectivity index (χ1v) is 4.31. The van der Waals surface area contributed by atoms with E-state index in [4.69, 9.17) is 4.74 Å². The van der Waals surface area contributed by atoms with Gasteiger partial charge in [0.15, 0.2) is 5.78 Å². The summed E-state index contributed by atoms with van der Waals surface area (Å²) in [6.45, 7) is 3.92. The van der Waals surface area contributed by atoms with Crippen molar-refractivity contribution in [3.05, 3.63) is 12.3 Å². The third-order valence-corrected chi connectivity index (χ3v) is 1.87. The average molecular weight is 183 g/mol. The molecule has 0 N–H and O–H groups in total. The van der Waals surface area contributed by atoms with Crippen molar-refractivity contribution in [1.82, 2.24) is 4.90 Å². The number of ether oxygens (including phenoxy) is 1. The van der Waals surface area contributed by atoms with Crippen LogP contribution in [0.4, 0.5) is 4.79 Å². The molecule has 0 aromatic carbocycles. The Morgan fingerprint density at radius 3 is 3.00 bits per heavy atom. The molecule has 1 atom stereocenters. The maximum atomic E-state index is 11.3. The molecule has 0 aromatic heterocycles. The highest BCUT2D eigenvalue weighted by Gasteiger charge is 2.23. The van der Waals surface area contributed by atoms with E-state index < -0.39 is 6.09 Å². The van der Waals surface area contributed by atoms with Crippen molar-refractivity contribution in [3.8, 4) is 0 Å². The van der Waals surface area contributed by atoms with Crippen LogP contribution in [0.1, 0.15) is 20.3 Å². The van der Waals surface area contributed by atoms with E-state index in [0.717, 1.165) is 0 Å². The summed E-state index contributed by atoms with van der Waals surface area (Å²) in [5.74, 6) is 0.0491. The van der Waals surface area contributed by atoms with E-state index in [9.17, 15) is 9.59 Å². The predicted molar refractivity (Wildman–Crippen MR) is 47.1 cm³/mol. The number of rotatable bonds is 1. The van der Waals surface area contributed by atoms with Crippen LogP contribution in [-0.2, 0) is 9.53 Å². The van der Waals surface area contributed by atoms with Crippen molar-refractivity contribution < 1.29 is 14.3 Å². The fourth-order valence-electron chi connectivity index (χ4n) is 1.21. The van der Waals surface area contributed by atoms with E-state index >= 15 is 0 Å². The zero-order chi connectivity index (χ0) is 9.84. The van der Waals surface area contributed by atoms with Crippen LogP contribution in [0, 0.1) is 0 Å². The molecule has 4 heteroatoms. The van der Waals surface area contributed by atoms with Gasteiger partial charge in [0.25, 0.3) is 0 Å². The highest BCUT2D eigenvalue weighted by Crippen LogP contribution is 2.12. The molecule has 0 fully saturated rings. The van der Waals surface area contributed by atoms with Gasteiger partial charge in [-0.15, -0.1) is 0 Å². The number of amides is 1. The fraction of sp³-hybridized carbons (Fsp3) is 0.556. The predicted octanol–water partition coefficient (Wildman–Crippen LogP) is 1.32. The molecule has 0 saturated carbocycles. The fourth-order valence-corrected chi connectivity index (χ4v) is 1.21. The van der Waals surface area contributed by atoms with Crippen LogP contribution in [0.3, 0.4) is 0 Å². The van der Waals surface area contributed by atoms with Crippen molar-refractivity contribution in [2.75, 3.05) is 6.61 Å². The van der Waals surface area contributed by atoms with E-state index in [1.54, 1.807) is 6.92 Å². The molecular weight excluding hydrogens is 170 g/mol. The molecule has 0 aliphatic carbocycles. The van der Waals surface area contributed by atoms with Crippen LogP contribution in [0.25, 0.3) is 0 Å². The van der Waals surface area contributed by atoms with E-state index in [0.29, 0.717) is 13.0 Å². The van der Waals surface area contributed by atoms with E-state index in [2.05, 4.69) is 0 Å². The van der Waals surface area contributed by atoms with Crippen LogP contribution in [-0.4, -0.2) is 29.4 Å². The Labute approximate surface area is 77.2 Å². The van der Waals surface area contributed by atoms with Crippen molar-refractivity contribution in [1.29, 1.82) is 0 Å². The van der Waals surface area contributed by atoms with Crippen molar-refractivity contribution in [2.45, 2.75) is 26.3 Å². The maximum Gasteiger partial charge on any atom is 0.414 e. The summed E-state index contributed by atoms with van der Waals surface area (Å²) in [7, 11) is 0. The standard InChI is InChI=1S/C9H13NO3/c1-3-13-9(12)10-5-4-8(11)6-7(10)2/h4-5,7H,3,6H2,1-2H3/t7-/m0/s1. The molecular formula is C9H13NO3. The Kier molecular flexibility index (Phi) is 3.06. The van der Waals surface area contributed by atoms with Gasteiger partial charge in [-0.1, -0.05) is 0 Å². The highest BCUT2D eigenvalue weighted by atomic mass is 16.6. The molecule has 1 aliphatic rings.